The maximum atomic E-state index is 11.4. The Hall–Kier alpha value is 0.390. The van der Waals surface area contributed by atoms with Gasteiger partial charge in [0.15, 0.2) is 0 Å². The highest BCUT2D eigenvalue weighted by atomic mass is 79.9. The Morgan fingerprint density at radius 2 is 2.07 bits per heavy atom. The van der Waals surface area contributed by atoms with Crippen LogP contribution >= 0.6 is 15.9 Å². The molecule has 0 aromatic rings. The van der Waals surface area contributed by atoms with Gasteiger partial charge in [-0.2, -0.15) is 0 Å². The molecule has 0 rings (SSSR count). The molecule has 0 saturated heterocycles. The van der Waals surface area contributed by atoms with Crippen LogP contribution in [0, 0.1) is 5.92 Å². The minimum atomic E-state index is -3.02. The fraction of sp³-hybridized carbons (Fsp3) is 1.00. The monoisotopic (exact) mass is 285 g/mol. The zero-order valence-corrected chi connectivity index (χ0v) is 11.3. The van der Waals surface area contributed by atoms with Crippen molar-refractivity contribution in [3.63, 3.8) is 0 Å². The number of alkyl halides is 1. The Labute approximate surface area is 95.8 Å². The summed E-state index contributed by atoms with van der Waals surface area (Å²) in [6.45, 7) is 4.59. The van der Waals surface area contributed by atoms with Crippen molar-refractivity contribution >= 4 is 26.0 Å². The molecule has 5 heteroatoms. The molecular weight excluding hydrogens is 266 g/mol. The van der Waals surface area contributed by atoms with E-state index in [2.05, 4.69) is 20.7 Å². The van der Waals surface area contributed by atoms with Crippen molar-refractivity contribution in [1.29, 1.82) is 0 Å². The van der Waals surface area contributed by atoms with Crippen LogP contribution in [0.15, 0.2) is 0 Å². The molecule has 0 saturated carbocycles. The summed E-state index contributed by atoms with van der Waals surface area (Å²) < 4.78 is 25.4. The van der Waals surface area contributed by atoms with Crippen molar-refractivity contribution in [3.05, 3.63) is 0 Å². The fourth-order valence-corrected chi connectivity index (χ4v) is 3.10. The van der Waals surface area contributed by atoms with E-state index in [1.54, 1.807) is 0 Å². The van der Waals surface area contributed by atoms with E-state index in [4.69, 9.17) is 0 Å². The van der Waals surface area contributed by atoms with Crippen LogP contribution in [0.25, 0.3) is 0 Å². The number of unbranched alkanes of at least 4 members (excludes halogenated alkanes) is 1. The SMILES string of the molecule is CCCCS(=O)(=O)NCC(C)CCBr. The predicted octanol–water partition coefficient (Wildman–Crippen LogP) is 2.13. The minimum absolute atomic E-state index is 0.254. The van der Waals surface area contributed by atoms with Gasteiger partial charge in [0.25, 0.3) is 0 Å². The molecule has 0 amide bonds. The quantitative estimate of drug-likeness (QED) is 0.695. The van der Waals surface area contributed by atoms with Crippen LogP contribution in [-0.4, -0.2) is 26.0 Å². The zero-order valence-electron chi connectivity index (χ0n) is 8.92. The maximum absolute atomic E-state index is 11.4. The molecule has 0 heterocycles. The van der Waals surface area contributed by atoms with E-state index in [-0.39, 0.29) is 5.75 Å². The lowest BCUT2D eigenvalue weighted by Crippen LogP contribution is -2.30. The molecular formula is C9H20BrNO2S. The predicted molar refractivity (Wildman–Crippen MR) is 64.3 cm³/mol. The maximum Gasteiger partial charge on any atom is 0.211 e. The Kier molecular flexibility index (Phi) is 7.86. The lowest BCUT2D eigenvalue weighted by Gasteiger charge is -2.11. The third kappa shape index (κ3) is 7.76. The van der Waals surface area contributed by atoms with Gasteiger partial charge in [-0.1, -0.05) is 36.2 Å². The second-order valence-corrected chi connectivity index (χ2v) is 6.32. The van der Waals surface area contributed by atoms with Crippen molar-refractivity contribution in [2.45, 2.75) is 33.1 Å². The second kappa shape index (κ2) is 7.65. The minimum Gasteiger partial charge on any atom is -0.215 e. The van der Waals surface area contributed by atoms with Gasteiger partial charge >= 0.3 is 0 Å². The zero-order chi connectivity index (χ0) is 11.0. The van der Waals surface area contributed by atoms with Crippen LogP contribution in [0.5, 0.6) is 0 Å². The summed E-state index contributed by atoms with van der Waals surface area (Å²) in [5.74, 6) is 0.649. The number of hydrogen-bond donors (Lipinski definition) is 1. The summed E-state index contributed by atoms with van der Waals surface area (Å²) in [4.78, 5) is 0. The number of nitrogens with one attached hydrogen (secondary N) is 1. The molecule has 0 bridgehead atoms. The van der Waals surface area contributed by atoms with Crippen LogP contribution in [-0.2, 0) is 10.0 Å². The lowest BCUT2D eigenvalue weighted by atomic mass is 10.1. The van der Waals surface area contributed by atoms with Crippen LogP contribution in [0.3, 0.4) is 0 Å². The van der Waals surface area contributed by atoms with Crippen LogP contribution in [0.1, 0.15) is 33.1 Å². The number of rotatable bonds is 8. The van der Waals surface area contributed by atoms with Crippen molar-refractivity contribution < 1.29 is 8.42 Å². The third-order valence-corrected chi connectivity index (χ3v) is 3.91. The standard InChI is InChI=1S/C9H20BrNO2S/c1-3-4-7-14(12,13)11-8-9(2)5-6-10/h9,11H,3-8H2,1-2H3. The summed E-state index contributed by atoms with van der Waals surface area (Å²) in [6, 6.07) is 0. The van der Waals surface area contributed by atoms with Crippen molar-refractivity contribution in [2.75, 3.05) is 17.6 Å². The fourth-order valence-electron chi connectivity index (χ4n) is 0.964. The van der Waals surface area contributed by atoms with E-state index in [0.717, 1.165) is 24.6 Å². The molecule has 0 spiro atoms. The molecule has 14 heavy (non-hydrogen) atoms. The van der Waals surface area contributed by atoms with Gasteiger partial charge in [0.05, 0.1) is 5.75 Å². The highest BCUT2D eigenvalue weighted by Gasteiger charge is 2.10. The van der Waals surface area contributed by atoms with Gasteiger partial charge in [0.1, 0.15) is 0 Å². The van der Waals surface area contributed by atoms with Crippen molar-refractivity contribution in [3.8, 4) is 0 Å². The summed E-state index contributed by atoms with van der Waals surface area (Å²) in [6.07, 6.45) is 2.65. The topological polar surface area (TPSA) is 46.2 Å². The Morgan fingerprint density at radius 1 is 1.43 bits per heavy atom. The molecule has 0 aromatic heterocycles. The average Bonchev–Trinajstić information content (AvgIpc) is 2.13. The first-order chi connectivity index (χ1) is 6.52. The van der Waals surface area contributed by atoms with Crippen LogP contribution < -0.4 is 4.72 Å². The summed E-state index contributed by atoms with van der Waals surface area (Å²) >= 11 is 3.34. The Balaban J connectivity index is 3.75. The van der Waals surface area contributed by atoms with E-state index in [1.165, 1.54) is 0 Å². The van der Waals surface area contributed by atoms with Gasteiger partial charge in [-0.3, -0.25) is 0 Å². The van der Waals surface area contributed by atoms with E-state index < -0.39 is 10.0 Å². The molecule has 0 aromatic carbocycles. The molecule has 0 aliphatic carbocycles. The third-order valence-electron chi connectivity index (χ3n) is 2.02. The molecule has 0 radical (unpaired) electrons. The molecule has 86 valence electrons. The van der Waals surface area contributed by atoms with E-state index in [1.807, 2.05) is 13.8 Å². The first-order valence-electron chi connectivity index (χ1n) is 5.05. The Morgan fingerprint density at radius 3 is 2.57 bits per heavy atom. The first kappa shape index (κ1) is 14.4. The smallest absolute Gasteiger partial charge is 0.211 e. The molecule has 0 aliphatic heterocycles. The van der Waals surface area contributed by atoms with E-state index in [9.17, 15) is 8.42 Å². The van der Waals surface area contributed by atoms with Crippen molar-refractivity contribution in [1.82, 2.24) is 4.72 Å². The van der Waals surface area contributed by atoms with Gasteiger partial charge in [-0.15, -0.1) is 0 Å². The molecule has 0 fully saturated rings. The number of sulfonamides is 1. The molecule has 1 unspecified atom stereocenters. The van der Waals surface area contributed by atoms with Gasteiger partial charge in [0, 0.05) is 11.9 Å². The van der Waals surface area contributed by atoms with Gasteiger partial charge in [0.2, 0.25) is 10.0 Å². The largest absolute Gasteiger partial charge is 0.215 e. The molecule has 0 aliphatic rings. The van der Waals surface area contributed by atoms with Crippen molar-refractivity contribution in [2.24, 2.45) is 5.92 Å². The summed E-state index contributed by atoms with van der Waals surface area (Å²) in [7, 11) is -3.02. The van der Waals surface area contributed by atoms with Gasteiger partial charge in [-0.05, 0) is 18.8 Å². The molecule has 3 nitrogen and oxygen atoms in total. The van der Waals surface area contributed by atoms with Crippen LogP contribution in [0.2, 0.25) is 0 Å². The van der Waals surface area contributed by atoms with Gasteiger partial charge < -0.3 is 0 Å². The average molecular weight is 286 g/mol. The first-order valence-corrected chi connectivity index (χ1v) is 7.82. The lowest BCUT2D eigenvalue weighted by molar-refractivity contribution is 0.530. The number of hydrogen-bond acceptors (Lipinski definition) is 2. The highest BCUT2D eigenvalue weighted by molar-refractivity contribution is 9.09. The highest BCUT2D eigenvalue weighted by Crippen LogP contribution is 2.03. The number of halogens is 1. The van der Waals surface area contributed by atoms with Crippen LogP contribution in [0.4, 0.5) is 0 Å². The van der Waals surface area contributed by atoms with E-state index >= 15 is 0 Å². The van der Waals surface area contributed by atoms with E-state index in [0.29, 0.717) is 12.5 Å². The molecule has 1 N–H and O–H groups in total. The van der Waals surface area contributed by atoms with Gasteiger partial charge in [-0.25, -0.2) is 13.1 Å². The summed E-state index contributed by atoms with van der Waals surface area (Å²) in [5.41, 5.74) is 0. The molecule has 1 atom stereocenters. The Bertz CT molecular complexity index is 229. The second-order valence-electron chi connectivity index (χ2n) is 3.60. The summed E-state index contributed by atoms with van der Waals surface area (Å²) in [5, 5.41) is 0.921. The normalized spacial score (nSPS) is 14.2.